The van der Waals surface area contributed by atoms with Crippen LogP contribution in [0.25, 0.3) is 0 Å². The van der Waals surface area contributed by atoms with E-state index in [2.05, 4.69) is 15.4 Å². The van der Waals surface area contributed by atoms with Gasteiger partial charge < -0.3 is 10.6 Å². The smallest absolute Gasteiger partial charge is 0.241 e. The zero-order chi connectivity index (χ0) is 17.5. The maximum absolute atomic E-state index is 12.9. The van der Waals surface area contributed by atoms with Crippen molar-refractivity contribution in [2.24, 2.45) is 0 Å². The van der Waals surface area contributed by atoms with Crippen molar-refractivity contribution in [1.82, 2.24) is 15.4 Å². The molecule has 1 aromatic carbocycles. The van der Waals surface area contributed by atoms with E-state index in [1.807, 2.05) is 0 Å². The number of halogens is 1. The molecule has 0 aromatic heterocycles. The zero-order valence-electron chi connectivity index (χ0n) is 12.9. The van der Waals surface area contributed by atoms with Crippen LogP contribution in [0.15, 0.2) is 29.2 Å². The van der Waals surface area contributed by atoms with Crippen LogP contribution in [0.3, 0.4) is 0 Å². The van der Waals surface area contributed by atoms with Gasteiger partial charge in [0, 0.05) is 20.0 Å². The number of hydrogen-bond donors (Lipinski definition) is 3. The molecule has 0 saturated carbocycles. The predicted molar refractivity (Wildman–Crippen MR) is 82.5 cm³/mol. The van der Waals surface area contributed by atoms with E-state index in [-0.39, 0.29) is 30.3 Å². The van der Waals surface area contributed by atoms with E-state index in [1.165, 1.54) is 6.92 Å². The molecule has 128 valence electrons. The van der Waals surface area contributed by atoms with Gasteiger partial charge in [0.1, 0.15) is 11.9 Å². The summed E-state index contributed by atoms with van der Waals surface area (Å²) in [5.74, 6) is -1.27. The lowest BCUT2D eigenvalue weighted by Crippen LogP contribution is -2.47. The molecule has 0 aliphatic heterocycles. The highest BCUT2D eigenvalue weighted by molar-refractivity contribution is 7.89. The summed E-state index contributed by atoms with van der Waals surface area (Å²) in [7, 11) is -3.92. The van der Waals surface area contributed by atoms with Gasteiger partial charge in [-0.25, -0.2) is 12.8 Å². The van der Waals surface area contributed by atoms with Crippen molar-refractivity contribution >= 4 is 21.8 Å². The fraction of sp³-hybridized carbons (Fsp3) is 0.429. The molecule has 3 N–H and O–H groups in total. The number of amides is 2. The third-order valence-electron chi connectivity index (χ3n) is 2.94. The Balaban J connectivity index is 2.65. The van der Waals surface area contributed by atoms with E-state index in [9.17, 15) is 22.4 Å². The first-order valence-electron chi connectivity index (χ1n) is 7.06. The van der Waals surface area contributed by atoms with E-state index in [4.69, 9.17) is 0 Å². The Labute approximate surface area is 134 Å². The average Bonchev–Trinajstić information content (AvgIpc) is 2.49. The van der Waals surface area contributed by atoms with Crippen LogP contribution < -0.4 is 15.4 Å². The molecule has 23 heavy (non-hydrogen) atoms. The molecule has 2 amide bonds. The van der Waals surface area contributed by atoms with Gasteiger partial charge in [0.05, 0.1) is 4.90 Å². The van der Waals surface area contributed by atoms with Crippen molar-refractivity contribution < 1.29 is 22.4 Å². The maximum atomic E-state index is 12.9. The summed E-state index contributed by atoms with van der Waals surface area (Å²) in [5.41, 5.74) is 0. The van der Waals surface area contributed by atoms with Crippen LogP contribution in [0.1, 0.15) is 20.3 Å². The summed E-state index contributed by atoms with van der Waals surface area (Å²) in [6.45, 7) is 3.45. The summed E-state index contributed by atoms with van der Waals surface area (Å²) in [6.07, 6.45) is 0.242. The van der Waals surface area contributed by atoms with Crippen LogP contribution in [0.4, 0.5) is 4.39 Å². The Morgan fingerprint density at radius 3 is 2.22 bits per heavy atom. The van der Waals surface area contributed by atoms with E-state index in [0.29, 0.717) is 0 Å². The first-order chi connectivity index (χ1) is 10.8. The first kappa shape index (κ1) is 19.0. The zero-order valence-corrected chi connectivity index (χ0v) is 13.7. The number of sulfonamides is 1. The lowest BCUT2D eigenvalue weighted by atomic mass is 10.2. The van der Waals surface area contributed by atoms with Gasteiger partial charge in [-0.3, -0.25) is 9.59 Å². The molecule has 0 spiro atoms. The van der Waals surface area contributed by atoms with Gasteiger partial charge in [-0.1, -0.05) is 6.92 Å². The topological polar surface area (TPSA) is 104 Å². The molecule has 0 heterocycles. The minimum absolute atomic E-state index is 0.122. The van der Waals surface area contributed by atoms with Crippen molar-refractivity contribution in [3.8, 4) is 0 Å². The summed E-state index contributed by atoms with van der Waals surface area (Å²) >= 11 is 0. The Morgan fingerprint density at radius 2 is 1.70 bits per heavy atom. The molecule has 1 rings (SSSR count). The SMILES string of the molecule is CCC(NS(=O)(=O)c1ccc(F)cc1)C(=O)NCCNC(C)=O. The second kappa shape index (κ2) is 8.59. The van der Waals surface area contributed by atoms with Crippen LogP contribution in [-0.4, -0.2) is 39.4 Å². The molecular weight excluding hydrogens is 325 g/mol. The minimum Gasteiger partial charge on any atom is -0.355 e. The van der Waals surface area contributed by atoms with Gasteiger partial charge in [-0.15, -0.1) is 0 Å². The second-order valence-electron chi connectivity index (χ2n) is 4.81. The molecule has 1 unspecified atom stereocenters. The minimum atomic E-state index is -3.92. The fourth-order valence-corrected chi connectivity index (χ4v) is 3.02. The number of carbonyl (C=O) groups is 2. The van der Waals surface area contributed by atoms with Crippen LogP contribution in [0.5, 0.6) is 0 Å². The molecule has 7 nitrogen and oxygen atoms in total. The van der Waals surface area contributed by atoms with Gasteiger partial charge in [-0.2, -0.15) is 4.72 Å². The van der Waals surface area contributed by atoms with E-state index < -0.39 is 27.8 Å². The van der Waals surface area contributed by atoms with Gasteiger partial charge in [0.15, 0.2) is 0 Å². The maximum Gasteiger partial charge on any atom is 0.241 e. The molecular formula is C14H20FN3O4S. The monoisotopic (exact) mass is 345 g/mol. The first-order valence-corrected chi connectivity index (χ1v) is 8.54. The normalized spacial score (nSPS) is 12.5. The highest BCUT2D eigenvalue weighted by Crippen LogP contribution is 2.11. The molecule has 1 aromatic rings. The lowest BCUT2D eigenvalue weighted by molar-refractivity contribution is -0.123. The van der Waals surface area contributed by atoms with Gasteiger partial charge in [0.2, 0.25) is 21.8 Å². The number of hydrogen-bond acceptors (Lipinski definition) is 4. The molecule has 1 atom stereocenters. The van der Waals surface area contributed by atoms with Crippen molar-refractivity contribution in [3.63, 3.8) is 0 Å². The van der Waals surface area contributed by atoms with Crippen LogP contribution in [-0.2, 0) is 19.6 Å². The van der Waals surface area contributed by atoms with E-state index in [1.54, 1.807) is 6.92 Å². The van der Waals surface area contributed by atoms with Crippen molar-refractivity contribution in [2.75, 3.05) is 13.1 Å². The Kier molecular flexibility index (Phi) is 7.11. The number of rotatable bonds is 8. The highest BCUT2D eigenvalue weighted by atomic mass is 32.2. The number of carbonyl (C=O) groups excluding carboxylic acids is 2. The van der Waals surface area contributed by atoms with Gasteiger partial charge in [0.25, 0.3) is 0 Å². The van der Waals surface area contributed by atoms with Crippen molar-refractivity contribution in [1.29, 1.82) is 0 Å². The van der Waals surface area contributed by atoms with E-state index in [0.717, 1.165) is 24.3 Å². The van der Waals surface area contributed by atoms with Gasteiger partial charge in [-0.05, 0) is 30.7 Å². The molecule has 0 aliphatic rings. The predicted octanol–water partition coefficient (Wildman–Crippen LogP) is 0.135. The Morgan fingerprint density at radius 1 is 1.13 bits per heavy atom. The third-order valence-corrected chi connectivity index (χ3v) is 4.43. The molecule has 9 heteroatoms. The van der Waals surface area contributed by atoms with Crippen LogP contribution in [0.2, 0.25) is 0 Å². The van der Waals surface area contributed by atoms with Crippen LogP contribution in [0, 0.1) is 5.82 Å². The second-order valence-corrected chi connectivity index (χ2v) is 6.52. The Bertz CT molecular complexity index is 646. The molecule has 0 fully saturated rings. The highest BCUT2D eigenvalue weighted by Gasteiger charge is 2.24. The summed E-state index contributed by atoms with van der Waals surface area (Å²) in [4.78, 5) is 22.6. The molecule has 0 aliphatic carbocycles. The average molecular weight is 345 g/mol. The molecule has 0 bridgehead atoms. The van der Waals surface area contributed by atoms with E-state index >= 15 is 0 Å². The third kappa shape index (κ3) is 6.33. The summed E-state index contributed by atoms with van der Waals surface area (Å²) < 4.78 is 39.5. The Hall–Kier alpha value is -2.00. The standard InChI is InChI=1S/C14H20FN3O4S/c1-3-13(14(20)17-9-8-16-10(2)19)18-23(21,22)12-6-4-11(15)5-7-12/h4-7,13,18H,3,8-9H2,1-2H3,(H,16,19)(H,17,20). The fourth-order valence-electron chi connectivity index (χ4n) is 1.74. The number of benzene rings is 1. The van der Waals surface area contributed by atoms with Gasteiger partial charge >= 0.3 is 0 Å². The molecule has 0 radical (unpaired) electrons. The largest absolute Gasteiger partial charge is 0.355 e. The van der Waals surface area contributed by atoms with Crippen molar-refractivity contribution in [3.05, 3.63) is 30.1 Å². The molecule has 0 saturated heterocycles. The summed E-state index contributed by atoms with van der Waals surface area (Å²) in [6, 6.07) is 3.35. The lowest BCUT2D eigenvalue weighted by Gasteiger charge is -2.17. The quantitative estimate of drug-likeness (QED) is 0.583. The summed E-state index contributed by atoms with van der Waals surface area (Å²) in [5, 5.41) is 5.04. The van der Waals surface area contributed by atoms with Crippen LogP contribution >= 0.6 is 0 Å². The van der Waals surface area contributed by atoms with Crippen molar-refractivity contribution in [2.45, 2.75) is 31.2 Å². The number of nitrogens with one attached hydrogen (secondary N) is 3.